The molecule has 14 heavy (non-hydrogen) atoms. The first kappa shape index (κ1) is 14.0. The van der Waals surface area contributed by atoms with Crippen LogP contribution in [0.4, 0.5) is 0 Å². The molecule has 0 nitrogen and oxygen atoms in total. The van der Waals surface area contributed by atoms with Gasteiger partial charge in [-0.15, -0.1) is 0 Å². The van der Waals surface area contributed by atoms with Gasteiger partial charge in [-0.25, -0.2) is 0 Å². The second kappa shape index (κ2) is 8.32. The van der Waals surface area contributed by atoms with E-state index in [-0.39, 0.29) is 0 Å². The number of hydrogen-bond acceptors (Lipinski definition) is 0. The molecule has 0 amide bonds. The Hall–Kier alpha value is 0. The summed E-state index contributed by atoms with van der Waals surface area (Å²) in [7, 11) is 0. The largest absolute Gasteiger partial charge is 0.0654 e. The normalized spacial score (nSPS) is 15.9. The van der Waals surface area contributed by atoms with Crippen molar-refractivity contribution >= 4 is 0 Å². The maximum absolute atomic E-state index is 2.40. The molecule has 0 aliphatic carbocycles. The van der Waals surface area contributed by atoms with Gasteiger partial charge in [0.25, 0.3) is 0 Å². The third-order valence-electron chi connectivity index (χ3n) is 3.20. The second-order valence-electron chi connectivity index (χ2n) is 5.39. The molecule has 0 aliphatic rings. The van der Waals surface area contributed by atoms with Crippen LogP contribution in [0.3, 0.4) is 0 Å². The minimum absolute atomic E-state index is 0.876. The molecule has 0 heteroatoms. The van der Waals surface area contributed by atoms with E-state index in [0.29, 0.717) is 0 Å². The maximum Gasteiger partial charge on any atom is -0.0409 e. The van der Waals surface area contributed by atoms with Crippen molar-refractivity contribution in [2.45, 2.75) is 73.1 Å². The zero-order chi connectivity index (χ0) is 11.0. The van der Waals surface area contributed by atoms with E-state index < -0.39 is 0 Å². The fourth-order valence-electron chi connectivity index (χ4n) is 2.23. The summed E-state index contributed by atoms with van der Waals surface area (Å²) in [5.41, 5.74) is 0. The van der Waals surface area contributed by atoms with Gasteiger partial charge in [0.2, 0.25) is 0 Å². The van der Waals surface area contributed by atoms with Crippen LogP contribution in [0.15, 0.2) is 0 Å². The van der Waals surface area contributed by atoms with Gasteiger partial charge in [-0.3, -0.25) is 0 Å². The SMILES string of the molecule is CCCCC(CC(C)C)CC(C)CC. The Bertz CT molecular complexity index is 115. The van der Waals surface area contributed by atoms with Crippen LogP contribution in [0.1, 0.15) is 73.1 Å². The van der Waals surface area contributed by atoms with Crippen LogP contribution in [-0.4, -0.2) is 0 Å². The van der Waals surface area contributed by atoms with Crippen LogP contribution in [0.5, 0.6) is 0 Å². The lowest BCUT2D eigenvalue weighted by Gasteiger charge is -2.21. The highest BCUT2D eigenvalue weighted by Crippen LogP contribution is 2.26. The molecule has 0 saturated carbocycles. The molecule has 0 fully saturated rings. The smallest absolute Gasteiger partial charge is 0.0409 e. The summed E-state index contributed by atoms with van der Waals surface area (Å²) in [6.45, 7) is 11.7. The van der Waals surface area contributed by atoms with Gasteiger partial charge in [0.05, 0.1) is 0 Å². The first-order valence-electron chi connectivity index (χ1n) is 6.60. The van der Waals surface area contributed by atoms with Gasteiger partial charge < -0.3 is 0 Å². The molecule has 0 heterocycles. The van der Waals surface area contributed by atoms with Crippen molar-refractivity contribution in [1.82, 2.24) is 0 Å². The van der Waals surface area contributed by atoms with E-state index in [4.69, 9.17) is 0 Å². The zero-order valence-electron chi connectivity index (χ0n) is 11.0. The summed E-state index contributed by atoms with van der Waals surface area (Å²) >= 11 is 0. The quantitative estimate of drug-likeness (QED) is 0.498. The average Bonchev–Trinajstić information content (AvgIpc) is 2.13. The molecule has 86 valence electrons. The number of unbranched alkanes of at least 4 members (excludes halogenated alkanes) is 1. The maximum atomic E-state index is 2.40. The molecule has 0 saturated heterocycles. The van der Waals surface area contributed by atoms with Gasteiger partial charge >= 0.3 is 0 Å². The summed E-state index contributed by atoms with van der Waals surface area (Å²) in [5.74, 6) is 2.79. The van der Waals surface area contributed by atoms with Crippen LogP contribution in [0.25, 0.3) is 0 Å². The Balaban J connectivity index is 3.83. The Labute approximate surface area is 91.5 Å². The molecular formula is C14H30. The summed E-state index contributed by atoms with van der Waals surface area (Å²) in [6, 6.07) is 0. The number of rotatable bonds is 8. The first-order valence-corrected chi connectivity index (χ1v) is 6.60. The molecule has 0 aromatic carbocycles. The van der Waals surface area contributed by atoms with E-state index in [2.05, 4.69) is 34.6 Å². The predicted octanol–water partition coefficient (Wildman–Crippen LogP) is 5.28. The third-order valence-corrected chi connectivity index (χ3v) is 3.20. The van der Waals surface area contributed by atoms with E-state index in [9.17, 15) is 0 Å². The fraction of sp³-hybridized carbons (Fsp3) is 1.00. The van der Waals surface area contributed by atoms with E-state index in [1.165, 1.54) is 38.5 Å². The lowest BCUT2D eigenvalue weighted by Crippen LogP contribution is -2.09. The van der Waals surface area contributed by atoms with Crippen molar-refractivity contribution in [3.63, 3.8) is 0 Å². The Kier molecular flexibility index (Phi) is 8.32. The highest BCUT2D eigenvalue weighted by Gasteiger charge is 2.13. The molecule has 0 aliphatic heterocycles. The molecule has 0 radical (unpaired) electrons. The van der Waals surface area contributed by atoms with Crippen LogP contribution in [-0.2, 0) is 0 Å². The van der Waals surface area contributed by atoms with Crippen LogP contribution >= 0.6 is 0 Å². The van der Waals surface area contributed by atoms with E-state index in [1.54, 1.807) is 0 Å². The third kappa shape index (κ3) is 7.41. The van der Waals surface area contributed by atoms with Crippen molar-refractivity contribution in [3.8, 4) is 0 Å². The molecule has 0 rings (SSSR count). The van der Waals surface area contributed by atoms with Crippen LogP contribution in [0, 0.1) is 17.8 Å². The van der Waals surface area contributed by atoms with Gasteiger partial charge in [-0.1, -0.05) is 60.3 Å². The molecule has 2 atom stereocenters. The average molecular weight is 198 g/mol. The zero-order valence-corrected chi connectivity index (χ0v) is 11.0. The van der Waals surface area contributed by atoms with E-state index >= 15 is 0 Å². The monoisotopic (exact) mass is 198 g/mol. The van der Waals surface area contributed by atoms with Gasteiger partial charge in [0, 0.05) is 0 Å². The topological polar surface area (TPSA) is 0 Å². The number of hydrogen-bond donors (Lipinski definition) is 0. The van der Waals surface area contributed by atoms with Gasteiger partial charge in [0.15, 0.2) is 0 Å². The molecule has 0 bridgehead atoms. The van der Waals surface area contributed by atoms with Crippen molar-refractivity contribution in [3.05, 3.63) is 0 Å². The highest BCUT2D eigenvalue weighted by molar-refractivity contribution is 4.65. The molecule has 0 spiro atoms. The first-order chi connectivity index (χ1) is 6.60. The second-order valence-corrected chi connectivity index (χ2v) is 5.39. The Morgan fingerprint density at radius 2 is 1.57 bits per heavy atom. The van der Waals surface area contributed by atoms with E-state index in [0.717, 1.165) is 17.8 Å². The summed E-state index contributed by atoms with van der Waals surface area (Å²) in [4.78, 5) is 0. The summed E-state index contributed by atoms with van der Waals surface area (Å²) in [6.07, 6.45) is 8.47. The molecule has 0 N–H and O–H groups in total. The predicted molar refractivity (Wildman–Crippen MR) is 66.5 cm³/mol. The highest BCUT2D eigenvalue weighted by atomic mass is 14.2. The van der Waals surface area contributed by atoms with Crippen LogP contribution in [0.2, 0.25) is 0 Å². The van der Waals surface area contributed by atoms with Crippen molar-refractivity contribution in [2.24, 2.45) is 17.8 Å². The standard InChI is InChI=1S/C14H30/c1-6-8-9-14(10-12(3)4)11-13(5)7-2/h12-14H,6-11H2,1-5H3. The van der Waals surface area contributed by atoms with E-state index in [1.807, 2.05) is 0 Å². The summed E-state index contributed by atoms with van der Waals surface area (Å²) < 4.78 is 0. The lowest BCUT2D eigenvalue weighted by atomic mass is 9.84. The molecule has 0 aromatic rings. The Morgan fingerprint density at radius 1 is 0.929 bits per heavy atom. The van der Waals surface area contributed by atoms with Gasteiger partial charge in [0.1, 0.15) is 0 Å². The Morgan fingerprint density at radius 3 is 2.00 bits per heavy atom. The van der Waals surface area contributed by atoms with Crippen LogP contribution < -0.4 is 0 Å². The minimum Gasteiger partial charge on any atom is -0.0654 e. The summed E-state index contributed by atoms with van der Waals surface area (Å²) in [5, 5.41) is 0. The minimum atomic E-state index is 0.876. The lowest BCUT2D eigenvalue weighted by molar-refractivity contribution is 0.305. The van der Waals surface area contributed by atoms with Crippen molar-refractivity contribution < 1.29 is 0 Å². The fourth-order valence-corrected chi connectivity index (χ4v) is 2.23. The molecule has 0 aromatic heterocycles. The van der Waals surface area contributed by atoms with Gasteiger partial charge in [-0.05, 0) is 30.6 Å². The molecular weight excluding hydrogens is 168 g/mol. The molecule has 2 unspecified atom stereocenters. The van der Waals surface area contributed by atoms with Gasteiger partial charge in [-0.2, -0.15) is 0 Å². The van der Waals surface area contributed by atoms with Crippen molar-refractivity contribution in [1.29, 1.82) is 0 Å². The van der Waals surface area contributed by atoms with Crippen molar-refractivity contribution in [2.75, 3.05) is 0 Å².